The van der Waals surface area contributed by atoms with Gasteiger partial charge in [-0.15, -0.1) is 0 Å². The Balaban J connectivity index is 1.10. The van der Waals surface area contributed by atoms with Crippen molar-refractivity contribution < 1.29 is 5.11 Å². The van der Waals surface area contributed by atoms with Crippen LogP contribution in [0.1, 0.15) is 52.7 Å². The third-order valence-electron chi connectivity index (χ3n) is 13.6. The van der Waals surface area contributed by atoms with E-state index in [9.17, 15) is 5.11 Å². The maximum absolute atomic E-state index is 12.4. The van der Waals surface area contributed by atoms with Crippen LogP contribution in [-0.4, -0.2) is 19.6 Å². The molecule has 4 heteroatoms. The van der Waals surface area contributed by atoms with Gasteiger partial charge in [-0.2, -0.15) is 0 Å². The van der Waals surface area contributed by atoms with Gasteiger partial charge in [0.2, 0.25) is 0 Å². The highest BCUT2D eigenvalue weighted by atomic mass is 16.3. The molecule has 0 bridgehead atoms. The molecule has 0 saturated heterocycles. The topological polar surface area (TPSA) is 50.9 Å². The van der Waals surface area contributed by atoms with Crippen molar-refractivity contribution in [2.24, 2.45) is 0 Å². The smallest absolute Gasteiger partial charge is 0.132 e. The number of aromatic nitrogens is 3. The summed E-state index contributed by atoms with van der Waals surface area (Å²) in [7, 11) is 0. The summed E-state index contributed by atoms with van der Waals surface area (Å²) in [5, 5.41) is 14.9. The highest BCUT2D eigenvalue weighted by molar-refractivity contribution is 6.14. The van der Waals surface area contributed by atoms with Crippen molar-refractivity contribution in [2.75, 3.05) is 0 Å². The number of benzene rings is 8. The van der Waals surface area contributed by atoms with Crippen molar-refractivity contribution in [1.82, 2.24) is 14.5 Å². The first-order chi connectivity index (χ1) is 33.9. The van der Waals surface area contributed by atoms with Gasteiger partial charge in [-0.25, -0.2) is 4.98 Å². The van der Waals surface area contributed by atoms with Crippen molar-refractivity contribution in [3.63, 3.8) is 0 Å². The minimum atomic E-state index is -0.0823. The van der Waals surface area contributed by atoms with Gasteiger partial charge >= 0.3 is 0 Å². The lowest BCUT2D eigenvalue weighted by atomic mass is 9.79. The highest BCUT2D eigenvalue weighted by Gasteiger charge is 2.24. The van der Waals surface area contributed by atoms with Crippen LogP contribution in [0.2, 0.25) is 0 Å². The fourth-order valence-electron chi connectivity index (χ4n) is 9.80. The number of aromatic hydroxyl groups is 1. The Morgan fingerprint density at radius 3 is 1.60 bits per heavy atom. The van der Waals surface area contributed by atoms with Gasteiger partial charge in [-0.1, -0.05) is 193 Å². The van der Waals surface area contributed by atoms with E-state index < -0.39 is 0 Å². The molecule has 1 N–H and O–H groups in total. The molecule has 0 spiro atoms. The van der Waals surface area contributed by atoms with Crippen molar-refractivity contribution in [1.29, 1.82) is 0 Å². The largest absolute Gasteiger partial charge is 0.507 e. The Morgan fingerprint density at radius 1 is 0.371 bits per heavy atom. The Bertz CT molecular complexity index is 3690. The highest BCUT2D eigenvalue weighted by Crippen LogP contribution is 2.45. The summed E-state index contributed by atoms with van der Waals surface area (Å²) in [6.45, 7) is 13.7. The normalized spacial score (nSPS) is 11.9. The molecule has 70 heavy (non-hydrogen) atoms. The van der Waals surface area contributed by atoms with E-state index in [-0.39, 0.29) is 16.6 Å². The third kappa shape index (κ3) is 8.36. The number of nitrogens with zero attached hydrogens (tertiary/aromatic N) is 3. The van der Waals surface area contributed by atoms with E-state index in [1.54, 1.807) is 0 Å². The molecule has 0 aliphatic rings. The molecule has 340 valence electrons. The number of para-hydroxylation sites is 3. The number of hydrogen-bond acceptors (Lipinski definition) is 3. The van der Waals surface area contributed by atoms with Crippen LogP contribution < -0.4 is 0 Å². The van der Waals surface area contributed by atoms with E-state index in [2.05, 4.69) is 222 Å². The van der Waals surface area contributed by atoms with Gasteiger partial charge in [0.15, 0.2) is 0 Å². The van der Waals surface area contributed by atoms with Crippen molar-refractivity contribution in [3.8, 4) is 89.7 Å². The summed E-state index contributed by atoms with van der Waals surface area (Å²) in [6.07, 6.45) is 1.92. The van der Waals surface area contributed by atoms with Gasteiger partial charge in [-0.3, -0.25) is 4.98 Å². The maximum atomic E-state index is 12.4. The second-order valence-corrected chi connectivity index (χ2v) is 20.5. The zero-order valence-electron chi connectivity index (χ0n) is 40.6. The lowest BCUT2D eigenvalue weighted by molar-refractivity contribution is 0.479. The lowest BCUT2D eigenvalue weighted by Crippen LogP contribution is -2.16. The predicted octanol–water partition coefficient (Wildman–Crippen LogP) is 17.5. The van der Waals surface area contributed by atoms with Gasteiger partial charge in [0.1, 0.15) is 5.75 Å². The van der Waals surface area contributed by atoms with Crippen LogP contribution in [0.5, 0.6) is 5.75 Å². The molecule has 0 aliphatic carbocycles. The molecular formula is C66H55N3O. The molecule has 3 aromatic heterocycles. The minimum Gasteiger partial charge on any atom is -0.507 e. The molecule has 0 saturated carbocycles. The van der Waals surface area contributed by atoms with Gasteiger partial charge in [0.05, 0.1) is 28.1 Å². The minimum absolute atomic E-state index is 0.0823. The zero-order chi connectivity index (χ0) is 48.1. The van der Waals surface area contributed by atoms with Crippen LogP contribution >= 0.6 is 0 Å². The summed E-state index contributed by atoms with van der Waals surface area (Å²) in [5.74, 6) is 0.191. The average Bonchev–Trinajstić information content (AvgIpc) is 3.73. The molecule has 11 aromatic rings. The van der Waals surface area contributed by atoms with Crippen molar-refractivity contribution in [3.05, 3.63) is 230 Å². The van der Waals surface area contributed by atoms with Gasteiger partial charge in [0.25, 0.3) is 0 Å². The molecule has 0 radical (unpaired) electrons. The Hall–Kier alpha value is -8.34. The van der Waals surface area contributed by atoms with Crippen LogP contribution in [-0.2, 0) is 10.8 Å². The van der Waals surface area contributed by atoms with E-state index in [0.717, 1.165) is 78.2 Å². The Labute approximate surface area is 411 Å². The lowest BCUT2D eigenvalue weighted by Gasteiger charge is -2.26. The first kappa shape index (κ1) is 44.2. The monoisotopic (exact) mass is 905 g/mol. The zero-order valence-corrected chi connectivity index (χ0v) is 40.6. The first-order valence-corrected chi connectivity index (χ1v) is 24.2. The standard InChI is InChI=1S/C66H55N3O/c1-65(2,3)51-35-48(36-52(42-51)66(4,5)6)50-40-60(68-61(41-50)58-38-49(43-20-10-7-11-21-43)37-57(64(58)70)44-22-12-8-13-23-44)47-25-18-24-46(34-47)59-39-45(32-33-67-59)54-29-19-30-56-55-28-16-17-31-62(55)69(63(54)56)53-26-14-9-15-27-53/h7-42,70H,1-6H3. The van der Waals surface area contributed by atoms with E-state index in [4.69, 9.17) is 9.97 Å². The second-order valence-electron chi connectivity index (χ2n) is 20.5. The fourth-order valence-corrected chi connectivity index (χ4v) is 9.80. The van der Waals surface area contributed by atoms with E-state index in [1.807, 2.05) is 42.6 Å². The van der Waals surface area contributed by atoms with E-state index in [0.29, 0.717) is 11.3 Å². The van der Waals surface area contributed by atoms with Crippen LogP contribution in [0.25, 0.3) is 106 Å². The van der Waals surface area contributed by atoms with Crippen LogP contribution in [0, 0.1) is 0 Å². The van der Waals surface area contributed by atoms with Crippen LogP contribution in [0.15, 0.2) is 219 Å². The van der Waals surface area contributed by atoms with Gasteiger partial charge in [-0.05, 0) is 116 Å². The Kier molecular flexibility index (Phi) is 11.1. The molecule has 3 heterocycles. The molecule has 0 aliphatic heterocycles. The molecule has 4 nitrogen and oxygen atoms in total. The molecule has 8 aromatic carbocycles. The fraction of sp³-hybridized carbons (Fsp3) is 0.121. The van der Waals surface area contributed by atoms with Crippen molar-refractivity contribution >= 4 is 21.8 Å². The Morgan fingerprint density at radius 2 is 0.900 bits per heavy atom. The quantitative estimate of drug-likeness (QED) is 0.165. The average molecular weight is 906 g/mol. The van der Waals surface area contributed by atoms with Gasteiger partial charge < -0.3 is 9.67 Å². The number of phenolic OH excluding ortho intramolecular Hbond substituents is 1. The number of hydrogen-bond donors (Lipinski definition) is 1. The van der Waals surface area contributed by atoms with Crippen LogP contribution in [0.4, 0.5) is 0 Å². The van der Waals surface area contributed by atoms with Gasteiger partial charge in [0, 0.05) is 50.5 Å². The summed E-state index contributed by atoms with van der Waals surface area (Å²) < 4.78 is 2.38. The summed E-state index contributed by atoms with van der Waals surface area (Å²) in [4.78, 5) is 10.5. The second kappa shape index (κ2) is 17.6. The maximum Gasteiger partial charge on any atom is 0.132 e. The molecule has 0 fully saturated rings. The number of phenols is 1. The molecule has 0 amide bonds. The van der Waals surface area contributed by atoms with Crippen molar-refractivity contribution in [2.45, 2.75) is 52.4 Å². The predicted molar refractivity (Wildman–Crippen MR) is 293 cm³/mol. The summed E-state index contributed by atoms with van der Waals surface area (Å²) in [6, 6.07) is 74.8. The van der Waals surface area contributed by atoms with E-state index in [1.165, 1.54) is 27.4 Å². The number of fused-ring (bicyclic) bond motifs is 3. The molecule has 11 rings (SSSR count). The summed E-state index contributed by atoms with van der Waals surface area (Å²) in [5.41, 5.74) is 18.9. The number of rotatable bonds is 8. The molecule has 0 unspecified atom stereocenters. The first-order valence-electron chi connectivity index (χ1n) is 24.2. The third-order valence-corrected chi connectivity index (χ3v) is 13.6. The summed E-state index contributed by atoms with van der Waals surface area (Å²) >= 11 is 0. The van der Waals surface area contributed by atoms with Crippen LogP contribution in [0.3, 0.4) is 0 Å². The molecular weight excluding hydrogens is 851 g/mol. The van der Waals surface area contributed by atoms with E-state index >= 15 is 0 Å². The molecule has 0 atom stereocenters. The number of pyridine rings is 2. The SMILES string of the molecule is CC(C)(C)c1cc(-c2cc(-c3cccc(-c4cc(-c5cccc6c7ccccc7n(-c7ccccc7)c56)ccn4)c3)nc(-c3cc(-c4ccccc4)cc(-c4ccccc4)c3O)c2)cc(C(C)(C)C)c1.